The SMILES string of the molecule is NC(=O)[C@@H]1Cc2ccccc2CN1c1ncnc2c1cnn2-c1ccccc1. The van der Waals surface area contributed by atoms with Gasteiger partial charge in [-0.25, -0.2) is 14.6 Å². The van der Waals surface area contributed by atoms with Crippen LogP contribution >= 0.6 is 0 Å². The van der Waals surface area contributed by atoms with Crippen molar-refractivity contribution < 1.29 is 4.79 Å². The summed E-state index contributed by atoms with van der Waals surface area (Å²) in [5, 5.41) is 5.30. The van der Waals surface area contributed by atoms with Crippen molar-refractivity contribution in [2.24, 2.45) is 5.73 Å². The first-order valence-corrected chi connectivity index (χ1v) is 9.09. The summed E-state index contributed by atoms with van der Waals surface area (Å²) in [5.74, 6) is 0.308. The molecule has 138 valence electrons. The third-order valence-electron chi connectivity index (χ3n) is 5.19. The molecular weight excluding hydrogens is 352 g/mol. The van der Waals surface area contributed by atoms with Crippen LogP contribution < -0.4 is 10.6 Å². The highest BCUT2D eigenvalue weighted by Gasteiger charge is 2.32. The second-order valence-electron chi connectivity index (χ2n) is 6.85. The predicted molar refractivity (Wildman–Crippen MR) is 106 cm³/mol. The van der Waals surface area contributed by atoms with Crippen LogP contribution in [0.3, 0.4) is 0 Å². The van der Waals surface area contributed by atoms with E-state index in [0.29, 0.717) is 24.4 Å². The Balaban J connectivity index is 1.64. The number of para-hydroxylation sites is 1. The van der Waals surface area contributed by atoms with Gasteiger partial charge in [-0.1, -0.05) is 42.5 Å². The van der Waals surface area contributed by atoms with Gasteiger partial charge in [0.25, 0.3) is 0 Å². The summed E-state index contributed by atoms with van der Waals surface area (Å²) in [6.45, 7) is 0.562. The molecule has 0 saturated heterocycles. The molecule has 0 fully saturated rings. The summed E-state index contributed by atoms with van der Waals surface area (Å²) in [5.41, 5.74) is 9.67. The summed E-state index contributed by atoms with van der Waals surface area (Å²) < 4.78 is 1.78. The first kappa shape index (κ1) is 16.4. The molecule has 0 aliphatic carbocycles. The van der Waals surface area contributed by atoms with E-state index in [2.05, 4.69) is 21.1 Å². The zero-order valence-electron chi connectivity index (χ0n) is 15.1. The number of aromatic nitrogens is 4. The van der Waals surface area contributed by atoms with Gasteiger partial charge in [-0.2, -0.15) is 5.10 Å². The first-order valence-electron chi connectivity index (χ1n) is 9.09. The molecule has 7 heteroatoms. The van der Waals surface area contributed by atoms with E-state index in [-0.39, 0.29) is 5.91 Å². The monoisotopic (exact) mass is 370 g/mol. The van der Waals surface area contributed by atoms with Crippen molar-refractivity contribution in [2.75, 3.05) is 4.90 Å². The average Bonchev–Trinajstić information content (AvgIpc) is 3.17. The normalized spacial score (nSPS) is 16.1. The van der Waals surface area contributed by atoms with Gasteiger partial charge in [0.15, 0.2) is 5.65 Å². The highest BCUT2D eigenvalue weighted by molar-refractivity contribution is 5.92. The Morgan fingerprint density at radius 3 is 2.54 bits per heavy atom. The van der Waals surface area contributed by atoms with Gasteiger partial charge in [-0.3, -0.25) is 4.79 Å². The van der Waals surface area contributed by atoms with E-state index in [1.54, 1.807) is 10.9 Å². The molecule has 2 N–H and O–H groups in total. The lowest BCUT2D eigenvalue weighted by atomic mass is 9.93. The third-order valence-corrected chi connectivity index (χ3v) is 5.19. The second-order valence-corrected chi connectivity index (χ2v) is 6.85. The van der Waals surface area contributed by atoms with Crippen LogP contribution in [0.2, 0.25) is 0 Å². The highest BCUT2D eigenvalue weighted by Crippen LogP contribution is 2.31. The summed E-state index contributed by atoms with van der Waals surface area (Å²) in [4.78, 5) is 23.1. The molecule has 28 heavy (non-hydrogen) atoms. The molecule has 1 aliphatic rings. The first-order chi connectivity index (χ1) is 13.7. The molecule has 0 saturated carbocycles. The summed E-state index contributed by atoms with van der Waals surface area (Å²) >= 11 is 0. The van der Waals surface area contributed by atoms with Crippen LogP contribution in [0.4, 0.5) is 5.82 Å². The Kier molecular flexibility index (Phi) is 3.79. The number of primary amides is 1. The lowest BCUT2D eigenvalue weighted by Gasteiger charge is -2.36. The van der Waals surface area contributed by atoms with Crippen molar-refractivity contribution in [1.82, 2.24) is 19.7 Å². The third kappa shape index (κ3) is 2.60. The maximum absolute atomic E-state index is 12.2. The molecule has 2 aromatic carbocycles. The maximum atomic E-state index is 12.2. The Hall–Kier alpha value is -3.74. The van der Waals surface area contributed by atoms with Crippen molar-refractivity contribution in [2.45, 2.75) is 19.0 Å². The van der Waals surface area contributed by atoms with Crippen molar-refractivity contribution in [3.63, 3.8) is 0 Å². The highest BCUT2D eigenvalue weighted by atomic mass is 16.1. The molecule has 1 aliphatic heterocycles. The van der Waals surface area contributed by atoms with Crippen LogP contribution in [0, 0.1) is 0 Å². The van der Waals surface area contributed by atoms with Crippen molar-refractivity contribution in [3.8, 4) is 5.69 Å². The zero-order chi connectivity index (χ0) is 19.1. The number of anilines is 1. The topological polar surface area (TPSA) is 89.9 Å². The largest absolute Gasteiger partial charge is 0.368 e. The van der Waals surface area contributed by atoms with E-state index in [1.807, 2.05) is 53.4 Å². The molecule has 0 bridgehead atoms. The summed E-state index contributed by atoms with van der Waals surface area (Å²) in [7, 11) is 0. The number of hydrogen-bond acceptors (Lipinski definition) is 5. The lowest BCUT2D eigenvalue weighted by Crippen LogP contribution is -2.49. The Morgan fingerprint density at radius 2 is 1.75 bits per heavy atom. The fourth-order valence-electron chi connectivity index (χ4n) is 3.82. The number of amides is 1. The van der Waals surface area contributed by atoms with E-state index in [0.717, 1.165) is 16.6 Å². The van der Waals surface area contributed by atoms with Gasteiger partial charge >= 0.3 is 0 Å². The van der Waals surface area contributed by atoms with Gasteiger partial charge in [0, 0.05) is 13.0 Å². The number of nitrogens with two attached hydrogens (primary N) is 1. The molecule has 1 amide bonds. The molecule has 4 aromatic rings. The van der Waals surface area contributed by atoms with Crippen LogP contribution in [-0.2, 0) is 17.8 Å². The standard InChI is InChI=1S/C21H18N6O/c22-19(28)18-10-14-6-4-5-7-15(14)12-26(18)20-17-11-25-27(21(17)24-13-23-20)16-8-2-1-3-9-16/h1-9,11,13,18H,10,12H2,(H2,22,28)/t18-/m0/s1. The number of carbonyl (C=O) groups excluding carboxylic acids is 1. The van der Waals surface area contributed by atoms with Crippen LogP contribution in [0.1, 0.15) is 11.1 Å². The molecule has 1 atom stereocenters. The Labute approximate surface area is 161 Å². The number of benzene rings is 2. The fraction of sp³-hybridized carbons (Fsp3) is 0.143. The number of rotatable bonds is 3. The molecular formula is C21H18N6O. The second kappa shape index (κ2) is 6.45. The number of nitrogens with zero attached hydrogens (tertiary/aromatic N) is 5. The van der Waals surface area contributed by atoms with Crippen LogP contribution in [-0.4, -0.2) is 31.7 Å². The smallest absolute Gasteiger partial charge is 0.240 e. The minimum absolute atomic E-state index is 0.364. The number of fused-ring (bicyclic) bond motifs is 2. The molecule has 0 unspecified atom stereocenters. The van der Waals surface area contributed by atoms with Gasteiger partial charge in [0.05, 0.1) is 17.3 Å². The number of carbonyl (C=O) groups is 1. The van der Waals surface area contributed by atoms with E-state index in [4.69, 9.17) is 5.73 Å². The van der Waals surface area contributed by atoms with E-state index in [9.17, 15) is 4.79 Å². The average molecular weight is 370 g/mol. The quantitative estimate of drug-likeness (QED) is 0.597. The Morgan fingerprint density at radius 1 is 1.00 bits per heavy atom. The lowest BCUT2D eigenvalue weighted by molar-refractivity contribution is -0.119. The molecule has 7 nitrogen and oxygen atoms in total. The van der Waals surface area contributed by atoms with E-state index in [1.165, 1.54) is 11.9 Å². The minimum Gasteiger partial charge on any atom is -0.368 e. The zero-order valence-corrected chi connectivity index (χ0v) is 15.1. The van der Waals surface area contributed by atoms with Crippen LogP contribution in [0.25, 0.3) is 16.7 Å². The van der Waals surface area contributed by atoms with Crippen molar-refractivity contribution in [3.05, 3.63) is 78.2 Å². The molecule has 5 rings (SSSR count). The van der Waals surface area contributed by atoms with Crippen LogP contribution in [0.15, 0.2) is 67.1 Å². The number of hydrogen-bond donors (Lipinski definition) is 1. The summed E-state index contributed by atoms with van der Waals surface area (Å²) in [6, 6.07) is 17.5. The summed E-state index contributed by atoms with van der Waals surface area (Å²) in [6.07, 6.45) is 3.82. The van der Waals surface area contributed by atoms with Crippen molar-refractivity contribution >= 4 is 22.8 Å². The van der Waals surface area contributed by atoms with Crippen molar-refractivity contribution in [1.29, 1.82) is 0 Å². The van der Waals surface area contributed by atoms with Gasteiger partial charge in [-0.05, 0) is 23.3 Å². The molecule has 0 radical (unpaired) electrons. The van der Waals surface area contributed by atoms with Crippen LogP contribution in [0.5, 0.6) is 0 Å². The molecule has 0 spiro atoms. The van der Waals surface area contributed by atoms with Gasteiger partial charge in [0.1, 0.15) is 18.2 Å². The molecule has 3 heterocycles. The minimum atomic E-state index is -0.465. The maximum Gasteiger partial charge on any atom is 0.240 e. The van der Waals surface area contributed by atoms with Gasteiger partial charge in [-0.15, -0.1) is 0 Å². The molecule has 2 aromatic heterocycles. The predicted octanol–water partition coefficient (Wildman–Crippen LogP) is 2.23. The van der Waals surface area contributed by atoms with Gasteiger partial charge < -0.3 is 10.6 Å². The Bertz CT molecular complexity index is 1170. The van der Waals surface area contributed by atoms with Gasteiger partial charge in [0.2, 0.25) is 5.91 Å². The van der Waals surface area contributed by atoms with E-state index >= 15 is 0 Å². The van der Waals surface area contributed by atoms with E-state index < -0.39 is 6.04 Å². The fourth-order valence-corrected chi connectivity index (χ4v) is 3.82.